The number of halogens is 1. The maximum Gasteiger partial charge on any atom is 0.120 e. The Morgan fingerprint density at radius 1 is 1.44 bits per heavy atom. The van der Waals surface area contributed by atoms with Crippen molar-refractivity contribution >= 4 is 11.6 Å². The van der Waals surface area contributed by atoms with Crippen molar-refractivity contribution in [2.45, 2.75) is 38.6 Å². The predicted molar refractivity (Wildman–Crippen MR) is 76.4 cm³/mol. The molecular weight excluding hydrogens is 246 g/mol. The molecule has 1 aromatic carbocycles. The first-order valence-electron chi connectivity index (χ1n) is 6.89. The van der Waals surface area contributed by atoms with Crippen molar-refractivity contribution in [3.8, 4) is 5.75 Å². The summed E-state index contributed by atoms with van der Waals surface area (Å²) >= 11 is 5.94. The standard InChI is InChI=1S/C15H22ClNO/c1-2-17-14(9-8-12-6-7-12)11-18-15-5-3-4-13(16)10-15/h3-5,10,12,14,17H,2,6-9,11H2,1H3. The molecule has 1 aliphatic carbocycles. The van der Waals surface area contributed by atoms with Gasteiger partial charge in [-0.15, -0.1) is 0 Å². The van der Waals surface area contributed by atoms with E-state index in [4.69, 9.17) is 16.3 Å². The molecule has 2 rings (SSSR count). The van der Waals surface area contributed by atoms with Crippen LogP contribution in [0.15, 0.2) is 24.3 Å². The third-order valence-electron chi connectivity index (χ3n) is 3.36. The molecule has 1 N–H and O–H groups in total. The molecule has 0 bridgehead atoms. The zero-order chi connectivity index (χ0) is 12.8. The average molecular weight is 268 g/mol. The Kier molecular flexibility index (Phi) is 5.33. The van der Waals surface area contributed by atoms with E-state index in [1.165, 1.54) is 25.7 Å². The highest BCUT2D eigenvalue weighted by atomic mass is 35.5. The molecule has 0 heterocycles. The fourth-order valence-corrected chi connectivity index (χ4v) is 2.31. The van der Waals surface area contributed by atoms with E-state index in [2.05, 4.69) is 12.2 Å². The molecule has 0 radical (unpaired) electrons. The monoisotopic (exact) mass is 267 g/mol. The Morgan fingerprint density at radius 2 is 2.28 bits per heavy atom. The van der Waals surface area contributed by atoms with Crippen LogP contribution >= 0.6 is 11.6 Å². The van der Waals surface area contributed by atoms with E-state index < -0.39 is 0 Å². The second-order valence-corrected chi connectivity index (χ2v) is 5.48. The molecule has 1 aromatic rings. The van der Waals surface area contributed by atoms with Gasteiger partial charge in [-0.1, -0.05) is 37.4 Å². The van der Waals surface area contributed by atoms with Crippen LogP contribution in [-0.4, -0.2) is 19.2 Å². The summed E-state index contributed by atoms with van der Waals surface area (Å²) in [7, 11) is 0. The summed E-state index contributed by atoms with van der Waals surface area (Å²) in [6.07, 6.45) is 5.39. The highest BCUT2D eigenvalue weighted by Gasteiger charge is 2.22. The first-order chi connectivity index (χ1) is 8.78. The lowest BCUT2D eigenvalue weighted by atomic mass is 10.1. The normalized spacial score (nSPS) is 16.6. The molecule has 0 amide bonds. The second-order valence-electron chi connectivity index (χ2n) is 5.04. The molecule has 1 unspecified atom stereocenters. The number of likely N-dealkylation sites (N-methyl/N-ethyl adjacent to an activating group) is 1. The van der Waals surface area contributed by atoms with Gasteiger partial charge in [0, 0.05) is 11.1 Å². The van der Waals surface area contributed by atoms with Crippen LogP contribution in [0.2, 0.25) is 5.02 Å². The summed E-state index contributed by atoms with van der Waals surface area (Å²) < 4.78 is 5.81. The van der Waals surface area contributed by atoms with Gasteiger partial charge in [0.2, 0.25) is 0 Å². The molecule has 100 valence electrons. The van der Waals surface area contributed by atoms with Gasteiger partial charge in [-0.25, -0.2) is 0 Å². The quantitative estimate of drug-likeness (QED) is 0.772. The van der Waals surface area contributed by atoms with Gasteiger partial charge < -0.3 is 10.1 Å². The molecule has 18 heavy (non-hydrogen) atoms. The van der Waals surface area contributed by atoms with Crippen molar-refractivity contribution in [2.24, 2.45) is 5.92 Å². The lowest BCUT2D eigenvalue weighted by Crippen LogP contribution is -2.34. The van der Waals surface area contributed by atoms with Crippen molar-refractivity contribution < 1.29 is 4.74 Å². The number of benzene rings is 1. The SMILES string of the molecule is CCNC(CCC1CC1)COc1cccc(Cl)c1. The molecule has 1 atom stereocenters. The van der Waals surface area contributed by atoms with Crippen molar-refractivity contribution in [3.05, 3.63) is 29.3 Å². The van der Waals surface area contributed by atoms with Crippen LogP contribution in [0.25, 0.3) is 0 Å². The Morgan fingerprint density at radius 3 is 2.94 bits per heavy atom. The molecule has 3 heteroatoms. The first-order valence-corrected chi connectivity index (χ1v) is 7.27. The number of ether oxygens (including phenoxy) is 1. The van der Waals surface area contributed by atoms with Gasteiger partial charge in [0.1, 0.15) is 12.4 Å². The number of nitrogens with one attached hydrogen (secondary N) is 1. The maximum absolute atomic E-state index is 5.94. The lowest BCUT2D eigenvalue weighted by molar-refractivity contribution is 0.254. The van der Waals surface area contributed by atoms with E-state index in [-0.39, 0.29) is 0 Å². The topological polar surface area (TPSA) is 21.3 Å². The summed E-state index contributed by atoms with van der Waals surface area (Å²) in [5.74, 6) is 1.84. The van der Waals surface area contributed by atoms with Gasteiger partial charge in [-0.05, 0) is 43.5 Å². The summed E-state index contributed by atoms with van der Waals surface area (Å²) in [4.78, 5) is 0. The molecular formula is C15H22ClNO. The molecule has 0 aromatic heterocycles. The van der Waals surface area contributed by atoms with E-state index >= 15 is 0 Å². The number of hydrogen-bond donors (Lipinski definition) is 1. The van der Waals surface area contributed by atoms with Gasteiger partial charge in [-0.2, -0.15) is 0 Å². The molecule has 0 saturated heterocycles. The van der Waals surface area contributed by atoms with E-state index in [0.717, 1.165) is 29.8 Å². The van der Waals surface area contributed by atoms with Gasteiger partial charge in [0.15, 0.2) is 0 Å². The summed E-state index contributed by atoms with van der Waals surface area (Å²) in [6.45, 7) is 3.86. The molecule has 2 nitrogen and oxygen atoms in total. The molecule has 0 spiro atoms. The van der Waals surface area contributed by atoms with Crippen LogP contribution in [-0.2, 0) is 0 Å². The van der Waals surface area contributed by atoms with Crippen molar-refractivity contribution in [3.63, 3.8) is 0 Å². The molecule has 1 fully saturated rings. The van der Waals surface area contributed by atoms with Crippen LogP contribution in [0.1, 0.15) is 32.6 Å². The minimum absolute atomic E-state index is 0.453. The summed E-state index contributed by atoms with van der Waals surface area (Å²) in [5.41, 5.74) is 0. The summed E-state index contributed by atoms with van der Waals surface area (Å²) in [6, 6.07) is 8.06. The minimum Gasteiger partial charge on any atom is -0.492 e. The van der Waals surface area contributed by atoms with Crippen LogP contribution in [0, 0.1) is 5.92 Å². The smallest absolute Gasteiger partial charge is 0.120 e. The first kappa shape index (κ1) is 13.7. The maximum atomic E-state index is 5.94. The van der Waals surface area contributed by atoms with Crippen molar-refractivity contribution in [1.82, 2.24) is 5.32 Å². The Hall–Kier alpha value is -0.730. The number of hydrogen-bond acceptors (Lipinski definition) is 2. The largest absolute Gasteiger partial charge is 0.492 e. The highest BCUT2D eigenvalue weighted by Crippen LogP contribution is 2.33. The molecule has 1 aliphatic rings. The van der Waals surface area contributed by atoms with Gasteiger partial charge in [0.25, 0.3) is 0 Å². The average Bonchev–Trinajstić information content (AvgIpc) is 3.17. The van der Waals surface area contributed by atoms with Gasteiger partial charge in [-0.3, -0.25) is 0 Å². The minimum atomic E-state index is 0.453. The summed E-state index contributed by atoms with van der Waals surface area (Å²) in [5, 5.41) is 4.22. The van der Waals surface area contributed by atoms with Gasteiger partial charge >= 0.3 is 0 Å². The van der Waals surface area contributed by atoms with Crippen molar-refractivity contribution in [2.75, 3.05) is 13.2 Å². The Labute approximate surface area is 115 Å². The van der Waals surface area contributed by atoms with E-state index in [1.54, 1.807) is 0 Å². The zero-order valence-electron chi connectivity index (χ0n) is 11.0. The molecule has 0 aliphatic heterocycles. The molecule has 1 saturated carbocycles. The van der Waals surface area contributed by atoms with Gasteiger partial charge in [0.05, 0.1) is 0 Å². The third kappa shape index (κ3) is 4.87. The Bertz CT molecular complexity index is 365. The lowest BCUT2D eigenvalue weighted by Gasteiger charge is -2.18. The number of rotatable bonds is 8. The van der Waals surface area contributed by atoms with E-state index in [9.17, 15) is 0 Å². The fourth-order valence-electron chi connectivity index (χ4n) is 2.13. The third-order valence-corrected chi connectivity index (χ3v) is 3.60. The second kappa shape index (κ2) is 7.01. The van der Waals surface area contributed by atoms with Crippen LogP contribution < -0.4 is 10.1 Å². The van der Waals surface area contributed by atoms with Crippen LogP contribution in [0.3, 0.4) is 0 Å². The predicted octanol–water partition coefficient (Wildman–Crippen LogP) is 3.89. The van der Waals surface area contributed by atoms with E-state index in [0.29, 0.717) is 6.04 Å². The van der Waals surface area contributed by atoms with E-state index in [1.807, 2.05) is 24.3 Å². The van der Waals surface area contributed by atoms with Crippen LogP contribution in [0.4, 0.5) is 0 Å². The highest BCUT2D eigenvalue weighted by molar-refractivity contribution is 6.30. The van der Waals surface area contributed by atoms with Crippen molar-refractivity contribution in [1.29, 1.82) is 0 Å². The zero-order valence-corrected chi connectivity index (χ0v) is 11.7. The fraction of sp³-hybridized carbons (Fsp3) is 0.600. The van der Waals surface area contributed by atoms with Crippen LogP contribution in [0.5, 0.6) is 5.75 Å². The Balaban J connectivity index is 1.76.